The Hall–Kier alpha value is -3.29. The third-order valence-electron chi connectivity index (χ3n) is 3.06. The van der Waals surface area contributed by atoms with E-state index in [0.29, 0.717) is 11.0 Å². The molecule has 3 N–H and O–H groups in total. The summed E-state index contributed by atoms with van der Waals surface area (Å²) < 4.78 is 0. The first kappa shape index (κ1) is 13.7. The molecule has 0 fully saturated rings. The minimum atomic E-state index is -1.02. The molecule has 0 bridgehead atoms. The molecular weight excluding hydrogens is 284 g/mol. The molecule has 0 aliphatic carbocycles. The number of H-pyrrole nitrogens is 2. The van der Waals surface area contributed by atoms with E-state index in [9.17, 15) is 4.79 Å². The zero-order valence-corrected chi connectivity index (χ0v) is 11.6. The van der Waals surface area contributed by atoms with Crippen LogP contribution in [0, 0.1) is 6.92 Å². The number of hydrogen-bond acceptors (Lipinski definition) is 5. The van der Waals surface area contributed by atoms with Crippen LogP contribution in [-0.4, -0.2) is 41.4 Å². The van der Waals surface area contributed by atoms with E-state index in [1.54, 1.807) is 24.5 Å². The van der Waals surface area contributed by atoms with Crippen molar-refractivity contribution in [1.29, 1.82) is 0 Å². The SMILES string of the molecule is Cc1[nH]nc2ncccc12.O=C(O)c1[nH]nc2ncccc12. The lowest BCUT2D eigenvalue weighted by Crippen LogP contribution is -1.96. The molecule has 8 heteroatoms. The normalized spacial score (nSPS) is 10.4. The van der Waals surface area contributed by atoms with Crippen molar-refractivity contribution in [3.63, 3.8) is 0 Å². The number of aromatic carboxylic acids is 1. The van der Waals surface area contributed by atoms with E-state index in [0.717, 1.165) is 16.7 Å². The number of carbonyl (C=O) groups is 1. The number of fused-ring (bicyclic) bond motifs is 2. The summed E-state index contributed by atoms with van der Waals surface area (Å²) in [5, 5.41) is 23.3. The molecular formula is C14H12N6O2. The maximum Gasteiger partial charge on any atom is 0.354 e. The van der Waals surface area contributed by atoms with Crippen molar-refractivity contribution in [2.24, 2.45) is 0 Å². The summed E-state index contributed by atoms with van der Waals surface area (Å²) in [6.45, 7) is 1.98. The predicted octanol–water partition coefficient (Wildman–Crippen LogP) is 1.92. The molecule has 4 rings (SSSR count). The van der Waals surface area contributed by atoms with Crippen LogP contribution in [0.3, 0.4) is 0 Å². The van der Waals surface area contributed by atoms with E-state index in [1.807, 2.05) is 19.1 Å². The number of aromatic amines is 2. The van der Waals surface area contributed by atoms with Gasteiger partial charge in [0.1, 0.15) is 0 Å². The van der Waals surface area contributed by atoms with Crippen molar-refractivity contribution in [1.82, 2.24) is 30.4 Å². The smallest absolute Gasteiger partial charge is 0.354 e. The van der Waals surface area contributed by atoms with Gasteiger partial charge in [0.05, 0.1) is 5.39 Å². The van der Waals surface area contributed by atoms with E-state index in [2.05, 4.69) is 30.4 Å². The fourth-order valence-electron chi connectivity index (χ4n) is 1.99. The fraction of sp³-hybridized carbons (Fsp3) is 0.0714. The average molecular weight is 296 g/mol. The van der Waals surface area contributed by atoms with Gasteiger partial charge in [-0.05, 0) is 31.2 Å². The van der Waals surface area contributed by atoms with Crippen LogP contribution in [0.2, 0.25) is 0 Å². The highest BCUT2D eigenvalue weighted by molar-refractivity contribution is 5.99. The van der Waals surface area contributed by atoms with Crippen LogP contribution in [0.5, 0.6) is 0 Å². The van der Waals surface area contributed by atoms with Crippen LogP contribution >= 0.6 is 0 Å². The van der Waals surface area contributed by atoms with Gasteiger partial charge in [-0.2, -0.15) is 10.2 Å². The first-order valence-electron chi connectivity index (χ1n) is 6.45. The molecule has 0 saturated heterocycles. The maximum atomic E-state index is 10.6. The minimum absolute atomic E-state index is 0.0816. The van der Waals surface area contributed by atoms with Gasteiger partial charge in [0, 0.05) is 23.5 Å². The predicted molar refractivity (Wildman–Crippen MR) is 79.5 cm³/mol. The number of nitrogens with zero attached hydrogens (tertiary/aromatic N) is 4. The van der Waals surface area contributed by atoms with E-state index in [1.165, 1.54) is 0 Å². The van der Waals surface area contributed by atoms with Gasteiger partial charge in [0.25, 0.3) is 0 Å². The monoisotopic (exact) mass is 296 g/mol. The number of carboxylic acid groups (broad SMARTS) is 1. The van der Waals surface area contributed by atoms with Gasteiger partial charge in [-0.3, -0.25) is 10.2 Å². The Labute approximate surface area is 124 Å². The van der Waals surface area contributed by atoms with Crippen LogP contribution in [0.1, 0.15) is 16.2 Å². The van der Waals surface area contributed by atoms with Crippen LogP contribution in [0.4, 0.5) is 0 Å². The molecule has 0 unspecified atom stereocenters. The molecule has 110 valence electrons. The van der Waals surface area contributed by atoms with Gasteiger partial charge in [-0.25, -0.2) is 14.8 Å². The average Bonchev–Trinajstić information content (AvgIpc) is 3.13. The molecule has 0 saturated carbocycles. The molecule has 0 aliphatic heterocycles. The van der Waals surface area contributed by atoms with Gasteiger partial charge < -0.3 is 5.11 Å². The quantitative estimate of drug-likeness (QED) is 0.493. The Morgan fingerprint density at radius 3 is 2.23 bits per heavy atom. The third-order valence-corrected chi connectivity index (χ3v) is 3.06. The largest absolute Gasteiger partial charge is 0.477 e. The van der Waals surface area contributed by atoms with Gasteiger partial charge >= 0.3 is 5.97 Å². The molecule has 0 atom stereocenters. The topological polar surface area (TPSA) is 120 Å². The van der Waals surface area contributed by atoms with Crippen molar-refractivity contribution in [2.45, 2.75) is 6.92 Å². The standard InChI is InChI=1S/C7H5N3O2.C7H7N3/c11-7(12)5-4-2-1-3-8-6(4)10-9-5;1-5-6-3-2-4-8-7(6)10-9-5/h1-3H,(H,11,12)(H,8,9,10);2-4H,1H3,(H,8,9,10). The second-order valence-electron chi connectivity index (χ2n) is 4.50. The lowest BCUT2D eigenvalue weighted by molar-refractivity contribution is 0.0692. The molecule has 0 aliphatic rings. The molecule has 4 aromatic rings. The zero-order valence-electron chi connectivity index (χ0n) is 11.6. The number of carboxylic acids is 1. The van der Waals surface area contributed by atoms with Gasteiger partial charge in [-0.15, -0.1) is 0 Å². The highest BCUT2D eigenvalue weighted by Crippen LogP contribution is 2.12. The summed E-state index contributed by atoms with van der Waals surface area (Å²) in [6, 6.07) is 7.24. The molecule has 0 amide bonds. The Bertz CT molecular complexity index is 942. The highest BCUT2D eigenvalue weighted by atomic mass is 16.4. The summed E-state index contributed by atoms with van der Waals surface area (Å²) in [5.41, 5.74) is 2.37. The second-order valence-corrected chi connectivity index (χ2v) is 4.50. The Morgan fingerprint density at radius 1 is 1.00 bits per heavy atom. The molecule has 8 nitrogen and oxygen atoms in total. The number of rotatable bonds is 1. The molecule has 0 radical (unpaired) electrons. The summed E-state index contributed by atoms with van der Waals surface area (Å²) in [4.78, 5) is 18.5. The second kappa shape index (κ2) is 5.60. The summed E-state index contributed by atoms with van der Waals surface area (Å²) in [7, 11) is 0. The number of aryl methyl sites for hydroxylation is 1. The Kier molecular flexibility index (Phi) is 3.48. The molecule has 22 heavy (non-hydrogen) atoms. The molecule has 4 heterocycles. The highest BCUT2D eigenvalue weighted by Gasteiger charge is 2.10. The first-order valence-corrected chi connectivity index (χ1v) is 6.45. The van der Waals surface area contributed by atoms with Crippen molar-refractivity contribution in [3.05, 3.63) is 48.0 Å². The first-order chi connectivity index (χ1) is 10.7. The Balaban J connectivity index is 0.000000133. The summed E-state index contributed by atoms with van der Waals surface area (Å²) in [5.74, 6) is -1.02. The minimum Gasteiger partial charge on any atom is -0.477 e. The lowest BCUT2D eigenvalue weighted by Gasteiger charge is -1.87. The van der Waals surface area contributed by atoms with Crippen LogP contribution in [0.25, 0.3) is 22.1 Å². The maximum absolute atomic E-state index is 10.6. The van der Waals surface area contributed by atoms with Crippen LogP contribution in [-0.2, 0) is 0 Å². The van der Waals surface area contributed by atoms with Crippen LogP contribution < -0.4 is 0 Å². The summed E-state index contributed by atoms with van der Waals surface area (Å²) >= 11 is 0. The van der Waals surface area contributed by atoms with Crippen molar-refractivity contribution < 1.29 is 9.90 Å². The van der Waals surface area contributed by atoms with E-state index in [4.69, 9.17) is 5.11 Å². The van der Waals surface area contributed by atoms with Crippen molar-refractivity contribution >= 4 is 28.0 Å². The van der Waals surface area contributed by atoms with Crippen molar-refractivity contribution in [2.75, 3.05) is 0 Å². The van der Waals surface area contributed by atoms with Gasteiger partial charge in [0.15, 0.2) is 17.0 Å². The fourth-order valence-corrected chi connectivity index (χ4v) is 1.99. The van der Waals surface area contributed by atoms with E-state index < -0.39 is 5.97 Å². The van der Waals surface area contributed by atoms with Gasteiger partial charge in [0.2, 0.25) is 0 Å². The molecule has 4 aromatic heterocycles. The van der Waals surface area contributed by atoms with E-state index >= 15 is 0 Å². The van der Waals surface area contributed by atoms with Gasteiger partial charge in [-0.1, -0.05) is 0 Å². The molecule has 0 spiro atoms. The molecule has 0 aromatic carbocycles. The lowest BCUT2D eigenvalue weighted by atomic mass is 10.3. The number of hydrogen-bond donors (Lipinski definition) is 3. The number of aromatic nitrogens is 6. The van der Waals surface area contributed by atoms with Crippen molar-refractivity contribution in [3.8, 4) is 0 Å². The van der Waals surface area contributed by atoms with E-state index in [-0.39, 0.29) is 5.69 Å². The third kappa shape index (κ3) is 2.49. The zero-order chi connectivity index (χ0) is 15.5. The number of nitrogens with one attached hydrogen (secondary N) is 2. The Morgan fingerprint density at radius 2 is 1.59 bits per heavy atom. The van der Waals surface area contributed by atoms with Crippen LogP contribution in [0.15, 0.2) is 36.7 Å². The number of pyridine rings is 2. The summed E-state index contributed by atoms with van der Waals surface area (Å²) in [6.07, 6.45) is 3.30.